The Morgan fingerprint density at radius 3 is 2.71 bits per heavy atom. The lowest BCUT2D eigenvalue weighted by atomic mass is 10.1. The van der Waals surface area contributed by atoms with E-state index in [1.54, 1.807) is 0 Å². The second kappa shape index (κ2) is 5.52. The predicted molar refractivity (Wildman–Crippen MR) is 65.8 cm³/mol. The third-order valence-electron chi connectivity index (χ3n) is 2.61. The van der Waals surface area contributed by atoms with Gasteiger partial charge in [-0.3, -0.25) is 0 Å². The normalized spacial score (nSPS) is 10.9. The molecule has 1 rings (SSSR count). The van der Waals surface area contributed by atoms with E-state index in [1.165, 1.54) is 15.6 Å². The molecule has 0 aliphatic heterocycles. The Bertz CT molecular complexity index is 296. The lowest BCUT2D eigenvalue weighted by molar-refractivity contribution is 0.357. The lowest BCUT2D eigenvalue weighted by Crippen LogP contribution is -2.20. The van der Waals surface area contributed by atoms with Crippen molar-refractivity contribution in [3.8, 4) is 0 Å². The van der Waals surface area contributed by atoms with E-state index in [2.05, 4.69) is 59.9 Å². The summed E-state index contributed by atoms with van der Waals surface area (Å²) in [7, 11) is 2.16. The molecule has 0 N–H and O–H groups in total. The quantitative estimate of drug-likeness (QED) is 0.799. The third kappa shape index (κ3) is 3.43. The maximum absolute atomic E-state index is 3.51. The molecule has 1 aromatic rings. The van der Waals surface area contributed by atoms with Crippen LogP contribution < -0.4 is 0 Å². The van der Waals surface area contributed by atoms with Crippen LogP contribution in [0.25, 0.3) is 0 Å². The summed E-state index contributed by atoms with van der Waals surface area (Å²) < 4.78 is 1.18. The van der Waals surface area contributed by atoms with Crippen molar-refractivity contribution >= 4 is 15.9 Å². The van der Waals surface area contributed by atoms with Gasteiger partial charge < -0.3 is 4.90 Å². The van der Waals surface area contributed by atoms with Crippen LogP contribution in [0.4, 0.5) is 0 Å². The van der Waals surface area contributed by atoms with Crippen LogP contribution in [0.3, 0.4) is 0 Å². The molecule has 0 saturated carbocycles. The Morgan fingerprint density at radius 1 is 1.36 bits per heavy atom. The van der Waals surface area contributed by atoms with Gasteiger partial charge in [0.2, 0.25) is 0 Å². The SMILES string of the molecule is CCN(C)CCc1cc(Br)ccc1C. The van der Waals surface area contributed by atoms with E-state index >= 15 is 0 Å². The molecule has 0 spiro atoms. The van der Waals surface area contributed by atoms with E-state index in [4.69, 9.17) is 0 Å². The molecule has 1 nitrogen and oxygen atoms in total. The molecule has 0 aromatic heterocycles. The van der Waals surface area contributed by atoms with E-state index in [1.807, 2.05) is 0 Å². The van der Waals surface area contributed by atoms with Gasteiger partial charge in [0, 0.05) is 11.0 Å². The van der Waals surface area contributed by atoms with E-state index < -0.39 is 0 Å². The zero-order valence-electron chi connectivity index (χ0n) is 9.18. The van der Waals surface area contributed by atoms with Gasteiger partial charge in [0.05, 0.1) is 0 Å². The minimum atomic E-state index is 1.12. The summed E-state index contributed by atoms with van der Waals surface area (Å²) in [5, 5.41) is 0. The molecule has 0 atom stereocenters. The first kappa shape index (κ1) is 11.7. The van der Waals surface area contributed by atoms with Crippen LogP contribution in [-0.4, -0.2) is 25.0 Å². The largest absolute Gasteiger partial charge is 0.306 e. The Kier molecular flexibility index (Phi) is 4.63. The van der Waals surface area contributed by atoms with Gasteiger partial charge in [-0.1, -0.05) is 28.9 Å². The molecule has 0 aliphatic carbocycles. The van der Waals surface area contributed by atoms with Crippen LogP contribution in [0.2, 0.25) is 0 Å². The summed E-state index contributed by atoms with van der Waals surface area (Å²) in [5.41, 5.74) is 2.83. The van der Waals surface area contributed by atoms with E-state index in [9.17, 15) is 0 Å². The second-order valence-electron chi connectivity index (χ2n) is 3.72. The predicted octanol–water partition coefficient (Wildman–Crippen LogP) is 3.25. The van der Waals surface area contributed by atoms with Gasteiger partial charge in [-0.15, -0.1) is 0 Å². The summed E-state index contributed by atoms with van der Waals surface area (Å²) in [6.07, 6.45) is 1.13. The average Bonchev–Trinajstić information content (AvgIpc) is 2.19. The number of nitrogens with zero attached hydrogens (tertiary/aromatic N) is 1. The Labute approximate surface area is 95.2 Å². The standard InChI is InChI=1S/C12H18BrN/c1-4-14(3)8-7-11-9-12(13)6-5-10(11)2/h5-6,9H,4,7-8H2,1-3H3. The number of hydrogen-bond donors (Lipinski definition) is 0. The second-order valence-corrected chi connectivity index (χ2v) is 4.63. The van der Waals surface area contributed by atoms with Crippen LogP contribution in [-0.2, 0) is 6.42 Å². The number of likely N-dealkylation sites (N-methyl/N-ethyl adjacent to an activating group) is 1. The fourth-order valence-electron chi connectivity index (χ4n) is 1.38. The Hall–Kier alpha value is -0.340. The molecule has 2 heteroatoms. The minimum Gasteiger partial charge on any atom is -0.306 e. The minimum absolute atomic E-state index is 1.12. The van der Waals surface area contributed by atoms with Crippen molar-refractivity contribution in [2.45, 2.75) is 20.3 Å². The molecule has 0 fully saturated rings. The first-order valence-corrected chi connectivity index (χ1v) is 5.86. The monoisotopic (exact) mass is 255 g/mol. The van der Waals surface area contributed by atoms with Gasteiger partial charge in [-0.25, -0.2) is 0 Å². The fourth-order valence-corrected chi connectivity index (χ4v) is 1.79. The zero-order valence-corrected chi connectivity index (χ0v) is 10.8. The van der Waals surface area contributed by atoms with Crippen LogP contribution in [0, 0.1) is 6.92 Å². The highest BCUT2D eigenvalue weighted by molar-refractivity contribution is 9.10. The van der Waals surface area contributed by atoms with Crippen LogP contribution in [0.15, 0.2) is 22.7 Å². The third-order valence-corrected chi connectivity index (χ3v) is 3.11. The maximum Gasteiger partial charge on any atom is 0.0178 e. The van der Waals surface area contributed by atoms with Crippen molar-refractivity contribution < 1.29 is 0 Å². The highest BCUT2D eigenvalue weighted by Gasteiger charge is 2.01. The molecule has 0 heterocycles. The molecule has 0 saturated heterocycles. The lowest BCUT2D eigenvalue weighted by Gasteiger charge is -2.14. The highest BCUT2D eigenvalue weighted by Crippen LogP contribution is 2.16. The molecule has 0 aliphatic rings. The van der Waals surface area contributed by atoms with Crippen LogP contribution in [0.5, 0.6) is 0 Å². The van der Waals surface area contributed by atoms with Crippen molar-refractivity contribution in [2.75, 3.05) is 20.1 Å². The molecular formula is C12H18BrN. The summed E-state index contributed by atoms with van der Waals surface area (Å²) in [5.74, 6) is 0. The summed E-state index contributed by atoms with van der Waals surface area (Å²) in [4.78, 5) is 2.33. The number of aryl methyl sites for hydroxylation is 1. The molecule has 14 heavy (non-hydrogen) atoms. The maximum atomic E-state index is 3.51. The van der Waals surface area contributed by atoms with Crippen LogP contribution >= 0.6 is 15.9 Å². The zero-order chi connectivity index (χ0) is 10.6. The molecule has 1 aromatic carbocycles. The summed E-state index contributed by atoms with van der Waals surface area (Å²) >= 11 is 3.51. The molecule has 0 bridgehead atoms. The Morgan fingerprint density at radius 2 is 2.07 bits per heavy atom. The van der Waals surface area contributed by atoms with Gasteiger partial charge in [0.25, 0.3) is 0 Å². The van der Waals surface area contributed by atoms with Gasteiger partial charge in [0.1, 0.15) is 0 Å². The number of benzene rings is 1. The number of hydrogen-bond acceptors (Lipinski definition) is 1. The fraction of sp³-hybridized carbons (Fsp3) is 0.500. The van der Waals surface area contributed by atoms with E-state index in [0.717, 1.165) is 19.5 Å². The van der Waals surface area contributed by atoms with Crippen molar-refractivity contribution in [3.05, 3.63) is 33.8 Å². The van der Waals surface area contributed by atoms with Crippen molar-refractivity contribution in [2.24, 2.45) is 0 Å². The number of rotatable bonds is 4. The topological polar surface area (TPSA) is 3.24 Å². The summed E-state index contributed by atoms with van der Waals surface area (Å²) in [6.45, 7) is 6.61. The molecular weight excluding hydrogens is 238 g/mol. The van der Waals surface area contributed by atoms with Crippen molar-refractivity contribution in [3.63, 3.8) is 0 Å². The van der Waals surface area contributed by atoms with Gasteiger partial charge >= 0.3 is 0 Å². The summed E-state index contributed by atoms with van der Waals surface area (Å²) in [6, 6.07) is 6.49. The molecule has 0 amide bonds. The molecule has 0 unspecified atom stereocenters. The smallest absolute Gasteiger partial charge is 0.0178 e. The van der Waals surface area contributed by atoms with E-state index in [-0.39, 0.29) is 0 Å². The first-order valence-electron chi connectivity index (χ1n) is 5.07. The number of halogens is 1. The van der Waals surface area contributed by atoms with Crippen LogP contribution in [0.1, 0.15) is 18.1 Å². The molecule has 78 valence electrons. The molecule has 0 radical (unpaired) electrons. The Balaban J connectivity index is 2.62. The van der Waals surface area contributed by atoms with Gasteiger partial charge in [-0.2, -0.15) is 0 Å². The first-order chi connectivity index (χ1) is 6.63. The van der Waals surface area contributed by atoms with Crippen molar-refractivity contribution in [1.82, 2.24) is 4.90 Å². The van der Waals surface area contributed by atoms with Gasteiger partial charge in [-0.05, 0) is 50.2 Å². The highest BCUT2D eigenvalue weighted by atomic mass is 79.9. The average molecular weight is 256 g/mol. The van der Waals surface area contributed by atoms with Crippen molar-refractivity contribution in [1.29, 1.82) is 0 Å². The van der Waals surface area contributed by atoms with E-state index in [0.29, 0.717) is 0 Å². The van der Waals surface area contributed by atoms with Gasteiger partial charge in [0.15, 0.2) is 0 Å².